The van der Waals surface area contributed by atoms with Crippen molar-refractivity contribution >= 4 is 5.97 Å². The molecule has 0 atom stereocenters. The Morgan fingerprint density at radius 2 is 2.18 bits per heavy atom. The van der Waals surface area contributed by atoms with Crippen LogP contribution in [0.1, 0.15) is 13.3 Å². The fraction of sp³-hybridized carbons (Fsp3) is 0.571. The summed E-state index contributed by atoms with van der Waals surface area (Å²) in [6.07, 6.45) is 0.485. The molecule has 0 saturated carbocycles. The van der Waals surface area contributed by atoms with Crippen LogP contribution in [0.4, 0.5) is 0 Å². The van der Waals surface area contributed by atoms with Crippen molar-refractivity contribution in [3.05, 3.63) is 12.2 Å². The van der Waals surface area contributed by atoms with Gasteiger partial charge in [0.25, 0.3) is 0 Å². The molecule has 0 radical (unpaired) electrons. The zero-order valence-corrected chi connectivity index (χ0v) is 6.59. The average molecular weight is 162 g/mol. The molecule has 11 heavy (non-hydrogen) atoms. The van der Waals surface area contributed by atoms with Crippen LogP contribution in [0.3, 0.4) is 0 Å². The molecule has 4 heteroatoms. The third-order valence-corrected chi connectivity index (χ3v) is 0.884. The van der Waals surface area contributed by atoms with Gasteiger partial charge in [-0.1, -0.05) is 6.58 Å². The number of hydrogen-bond donors (Lipinski definition) is 1. The standard InChI is InChI=1S/C7H12O3.H2O/c1-6(2)7(9)10-5-3-4-8;/h8H,1,3-5H2,2H3;1H2. The molecule has 0 amide bonds. The molecular formula is C7H14O4. The van der Waals surface area contributed by atoms with Gasteiger partial charge in [0.2, 0.25) is 0 Å². The quantitative estimate of drug-likeness (QED) is 0.349. The second-order valence-electron chi connectivity index (χ2n) is 1.99. The van der Waals surface area contributed by atoms with Gasteiger partial charge < -0.3 is 15.3 Å². The minimum absolute atomic E-state index is 0. The second-order valence-corrected chi connectivity index (χ2v) is 1.99. The number of aliphatic hydroxyl groups is 1. The van der Waals surface area contributed by atoms with Crippen LogP contribution >= 0.6 is 0 Å². The average Bonchev–Trinajstić information content (AvgIpc) is 1.88. The minimum atomic E-state index is -0.395. The van der Waals surface area contributed by atoms with Crippen LogP contribution < -0.4 is 0 Å². The Morgan fingerprint density at radius 1 is 1.64 bits per heavy atom. The van der Waals surface area contributed by atoms with E-state index in [2.05, 4.69) is 11.3 Å². The summed E-state index contributed by atoms with van der Waals surface area (Å²) in [5, 5.41) is 8.30. The maximum atomic E-state index is 10.6. The highest BCUT2D eigenvalue weighted by molar-refractivity contribution is 5.86. The first kappa shape index (κ1) is 12.8. The van der Waals surface area contributed by atoms with Crippen molar-refractivity contribution in [1.29, 1.82) is 0 Å². The number of carbonyl (C=O) groups excluding carboxylic acids is 1. The molecule has 66 valence electrons. The molecule has 0 rings (SSSR count). The van der Waals surface area contributed by atoms with Crippen LogP contribution in [0.25, 0.3) is 0 Å². The van der Waals surface area contributed by atoms with Crippen LogP contribution in [0, 0.1) is 0 Å². The SMILES string of the molecule is C=C(C)C(=O)OCCCO.O. The smallest absolute Gasteiger partial charge is 0.333 e. The van der Waals surface area contributed by atoms with Crippen molar-refractivity contribution in [1.82, 2.24) is 0 Å². The molecule has 0 heterocycles. The van der Waals surface area contributed by atoms with Gasteiger partial charge in [-0.2, -0.15) is 0 Å². The van der Waals surface area contributed by atoms with E-state index in [1.807, 2.05) is 0 Å². The molecule has 4 nitrogen and oxygen atoms in total. The van der Waals surface area contributed by atoms with E-state index in [0.717, 1.165) is 0 Å². The van der Waals surface area contributed by atoms with Gasteiger partial charge in [-0.25, -0.2) is 4.79 Å². The number of ether oxygens (including phenoxy) is 1. The van der Waals surface area contributed by atoms with Gasteiger partial charge >= 0.3 is 5.97 Å². The zero-order valence-electron chi connectivity index (χ0n) is 6.59. The topological polar surface area (TPSA) is 78.0 Å². The molecule has 0 aliphatic heterocycles. The van der Waals surface area contributed by atoms with Crippen molar-refractivity contribution in [2.45, 2.75) is 13.3 Å². The predicted octanol–water partition coefficient (Wildman–Crippen LogP) is -0.337. The fourth-order valence-corrected chi connectivity index (χ4v) is 0.353. The van der Waals surface area contributed by atoms with E-state index in [0.29, 0.717) is 12.0 Å². The molecule has 0 bridgehead atoms. The van der Waals surface area contributed by atoms with Gasteiger partial charge in [-0.15, -0.1) is 0 Å². The highest BCUT2D eigenvalue weighted by Gasteiger charge is 2.00. The maximum Gasteiger partial charge on any atom is 0.333 e. The first-order chi connectivity index (χ1) is 4.68. The lowest BCUT2D eigenvalue weighted by Crippen LogP contribution is -2.06. The van der Waals surface area contributed by atoms with Gasteiger partial charge in [0.15, 0.2) is 0 Å². The Morgan fingerprint density at radius 3 is 2.55 bits per heavy atom. The highest BCUT2D eigenvalue weighted by Crippen LogP contribution is 1.92. The third kappa shape index (κ3) is 7.02. The Bertz CT molecular complexity index is 130. The summed E-state index contributed by atoms with van der Waals surface area (Å²) < 4.78 is 4.65. The second kappa shape index (κ2) is 7.24. The Labute approximate surface area is 65.8 Å². The summed E-state index contributed by atoms with van der Waals surface area (Å²) >= 11 is 0. The molecule has 0 spiro atoms. The van der Waals surface area contributed by atoms with Crippen LogP contribution in [-0.2, 0) is 9.53 Å². The zero-order chi connectivity index (χ0) is 7.98. The molecule has 0 unspecified atom stereocenters. The van der Waals surface area contributed by atoms with Crippen LogP contribution in [0.5, 0.6) is 0 Å². The van der Waals surface area contributed by atoms with Crippen molar-refractivity contribution < 1.29 is 20.1 Å². The van der Waals surface area contributed by atoms with Crippen LogP contribution in [-0.4, -0.2) is 29.8 Å². The molecule has 3 N–H and O–H groups in total. The third-order valence-electron chi connectivity index (χ3n) is 0.884. The summed E-state index contributed by atoms with van der Waals surface area (Å²) in [6.45, 7) is 5.29. The van der Waals surface area contributed by atoms with Crippen molar-refractivity contribution in [2.24, 2.45) is 0 Å². The van der Waals surface area contributed by atoms with Crippen molar-refractivity contribution in [3.63, 3.8) is 0 Å². The summed E-state index contributed by atoms with van der Waals surface area (Å²) in [4.78, 5) is 10.6. The molecule has 0 aromatic heterocycles. The van der Waals surface area contributed by atoms with E-state index >= 15 is 0 Å². The van der Waals surface area contributed by atoms with Crippen LogP contribution in [0.15, 0.2) is 12.2 Å². The predicted molar refractivity (Wildman–Crippen MR) is 41.1 cm³/mol. The minimum Gasteiger partial charge on any atom is -0.462 e. The molecular weight excluding hydrogens is 148 g/mol. The number of esters is 1. The number of aliphatic hydroxyl groups excluding tert-OH is 1. The van der Waals surface area contributed by atoms with E-state index in [1.165, 1.54) is 0 Å². The molecule has 0 saturated heterocycles. The lowest BCUT2D eigenvalue weighted by atomic mass is 10.4. The lowest BCUT2D eigenvalue weighted by molar-refractivity contribution is -0.139. The summed E-state index contributed by atoms with van der Waals surface area (Å²) in [5.74, 6) is -0.395. The molecule has 0 aliphatic rings. The van der Waals surface area contributed by atoms with Gasteiger partial charge in [0, 0.05) is 18.6 Å². The van der Waals surface area contributed by atoms with Crippen molar-refractivity contribution in [3.8, 4) is 0 Å². The Kier molecular flexibility index (Phi) is 8.41. The van der Waals surface area contributed by atoms with E-state index in [1.54, 1.807) is 6.92 Å². The van der Waals surface area contributed by atoms with Gasteiger partial charge in [-0.3, -0.25) is 0 Å². The maximum absolute atomic E-state index is 10.6. The first-order valence-electron chi connectivity index (χ1n) is 3.12. The fourth-order valence-electron chi connectivity index (χ4n) is 0.353. The molecule has 0 aromatic carbocycles. The monoisotopic (exact) mass is 162 g/mol. The van der Waals surface area contributed by atoms with E-state index in [-0.39, 0.29) is 18.7 Å². The lowest BCUT2D eigenvalue weighted by Gasteiger charge is -2.00. The summed E-state index contributed by atoms with van der Waals surface area (Å²) in [7, 11) is 0. The number of hydrogen-bond acceptors (Lipinski definition) is 3. The van der Waals surface area contributed by atoms with E-state index < -0.39 is 5.97 Å². The van der Waals surface area contributed by atoms with Gasteiger partial charge in [-0.05, 0) is 6.92 Å². The van der Waals surface area contributed by atoms with Gasteiger partial charge in [0.05, 0.1) is 6.61 Å². The first-order valence-corrected chi connectivity index (χ1v) is 3.12. The largest absolute Gasteiger partial charge is 0.462 e. The molecule has 0 fully saturated rings. The number of rotatable bonds is 4. The van der Waals surface area contributed by atoms with Crippen LogP contribution in [0.2, 0.25) is 0 Å². The van der Waals surface area contributed by atoms with E-state index in [9.17, 15) is 4.79 Å². The summed E-state index contributed by atoms with van der Waals surface area (Å²) in [5.41, 5.74) is 0.387. The molecule has 0 aliphatic carbocycles. The number of carbonyl (C=O) groups is 1. The normalized spacial score (nSPS) is 8.18. The highest BCUT2D eigenvalue weighted by atomic mass is 16.5. The Hall–Kier alpha value is -0.870. The Balaban J connectivity index is 0. The molecule has 0 aromatic rings. The van der Waals surface area contributed by atoms with Gasteiger partial charge in [0.1, 0.15) is 0 Å². The summed E-state index contributed by atoms with van der Waals surface area (Å²) in [6, 6.07) is 0. The van der Waals surface area contributed by atoms with Crippen molar-refractivity contribution in [2.75, 3.05) is 13.2 Å². The van der Waals surface area contributed by atoms with E-state index in [4.69, 9.17) is 5.11 Å².